The molecule has 2 rings (SSSR count). The van der Waals surface area contributed by atoms with E-state index in [0.717, 1.165) is 13.1 Å². The molecule has 0 bridgehead atoms. The van der Waals surface area contributed by atoms with Crippen LogP contribution in [0.1, 0.15) is 20.8 Å². The molecule has 3 atom stereocenters. The number of alkyl carbamates (subject to hydrolysis) is 1. The topological polar surface area (TPSA) is 50.4 Å². The van der Waals surface area contributed by atoms with Crippen molar-refractivity contribution in [2.75, 3.05) is 13.1 Å². The molecule has 2 aliphatic rings. The molecule has 0 aromatic carbocycles. The highest BCUT2D eigenvalue weighted by Gasteiger charge is 2.54. The fraction of sp³-hybridized carbons (Fsp3) is 0.900. The Morgan fingerprint density at radius 2 is 1.93 bits per heavy atom. The molecule has 1 saturated carbocycles. The van der Waals surface area contributed by atoms with E-state index in [1.165, 1.54) is 0 Å². The van der Waals surface area contributed by atoms with Crippen LogP contribution >= 0.6 is 0 Å². The standard InChI is InChI=1S/C10H18N2O2/c1-10(2,3)14-9(13)12-8-6-4-11-5-7(6)8/h6-8,11H,4-5H2,1-3H3,(H,12,13)/t6-,7?,8-/m0/s1. The van der Waals surface area contributed by atoms with Crippen LogP contribution in [-0.2, 0) is 4.74 Å². The third-order valence-corrected chi connectivity index (χ3v) is 2.78. The van der Waals surface area contributed by atoms with E-state index in [-0.39, 0.29) is 6.09 Å². The van der Waals surface area contributed by atoms with Crippen molar-refractivity contribution >= 4 is 6.09 Å². The van der Waals surface area contributed by atoms with Crippen LogP contribution in [0.4, 0.5) is 4.79 Å². The maximum Gasteiger partial charge on any atom is 0.407 e. The third-order valence-electron chi connectivity index (χ3n) is 2.78. The zero-order valence-electron chi connectivity index (χ0n) is 8.96. The third kappa shape index (κ3) is 2.00. The van der Waals surface area contributed by atoms with Crippen molar-refractivity contribution in [1.82, 2.24) is 10.6 Å². The van der Waals surface area contributed by atoms with E-state index in [1.54, 1.807) is 0 Å². The molecule has 1 aliphatic carbocycles. The zero-order chi connectivity index (χ0) is 10.3. The first kappa shape index (κ1) is 9.77. The number of carbonyl (C=O) groups is 1. The van der Waals surface area contributed by atoms with Gasteiger partial charge in [-0.3, -0.25) is 0 Å². The molecule has 0 spiro atoms. The summed E-state index contributed by atoms with van der Waals surface area (Å²) in [5.74, 6) is 1.28. The fourth-order valence-electron chi connectivity index (χ4n) is 2.08. The fourth-order valence-corrected chi connectivity index (χ4v) is 2.08. The van der Waals surface area contributed by atoms with Gasteiger partial charge in [0, 0.05) is 19.1 Å². The lowest BCUT2D eigenvalue weighted by Crippen LogP contribution is -2.37. The molecule has 0 aromatic rings. The smallest absolute Gasteiger partial charge is 0.407 e. The van der Waals surface area contributed by atoms with Crippen LogP contribution < -0.4 is 10.6 Å². The average molecular weight is 198 g/mol. The van der Waals surface area contributed by atoms with Gasteiger partial charge in [-0.1, -0.05) is 0 Å². The van der Waals surface area contributed by atoms with Gasteiger partial charge < -0.3 is 15.4 Å². The summed E-state index contributed by atoms with van der Waals surface area (Å²) in [4.78, 5) is 11.4. The Kier molecular flexibility index (Phi) is 2.18. The molecule has 1 unspecified atom stereocenters. The van der Waals surface area contributed by atoms with E-state index in [0.29, 0.717) is 17.9 Å². The number of carbonyl (C=O) groups excluding carboxylic acids is 1. The van der Waals surface area contributed by atoms with E-state index >= 15 is 0 Å². The summed E-state index contributed by atoms with van der Waals surface area (Å²) in [5.41, 5.74) is -0.396. The van der Waals surface area contributed by atoms with Gasteiger partial charge in [-0.05, 0) is 32.6 Å². The van der Waals surface area contributed by atoms with Gasteiger partial charge in [0.2, 0.25) is 0 Å². The number of rotatable bonds is 1. The Morgan fingerprint density at radius 3 is 2.43 bits per heavy atom. The number of nitrogens with one attached hydrogen (secondary N) is 2. The first-order chi connectivity index (χ1) is 6.47. The highest BCUT2D eigenvalue weighted by atomic mass is 16.6. The molecule has 14 heavy (non-hydrogen) atoms. The number of amides is 1. The minimum atomic E-state index is -0.396. The molecule has 0 radical (unpaired) electrons. The van der Waals surface area contributed by atoms with Gasteiger partial charge in [-0.15, -0.1) is 0 Å². The van der Waals surface area contributed by atoms with Crippen LogP contribution in [0, 0.1) is 11.8 Å². The molecule has 4 nitrogen and oxygen atoms in total. The second-order valence-corrected chi connectivity index (χ2v) is 5.16. The predicted molar refractivity (Wildman–Crippen MR) is 53.0 cm³/mol. The molecule has 1 amide bonds. The van der Waals surface area contributed by atoms with Crippen molar-refractivity contribution in [2.24, 2.45) is 11.8 Å². The van der Waals surface area contributed by atoms with Crippen molar-refractivity contribution in [3.8, 4) is 0 Å². The van der Waals surface area contributed by atoms with E-state index in [9.17, 15) is 4.79 Å². The summed E-state index contributed by atoms with van der Waals surface area (Å²) in [7, 11) is 0. The largest absolute Gasteiger partial charge is 0.444 e. The molecule has 2 N–H and O–H groups in total. The zero-order valence-corrected chi connectivity index (χ0v) is 8.96. The summed E-state index contributed by atoms with van der Waals surface area (Å²) in [6, 6.07) is 0.353. The van der Waals surface area contributed by atoms with Crippen LogP contribution in [0.25, 0.3) is 0 Å². The lowest BCUT2D eigenvalue weighted by molar-refractivity contribution is 0.0518. The van der Waals surface area contributed by atoms with E-state index in [1.807, 2.05) is 20.8 Å². The normalized spacial score (nSPS) is 34.9. The van der Waals surface area contributed by atoms with E-state index in [2.05, 4.69) is 10.6 Å². The van der Waals surface area contributed by atoms with Crippen molar-refractivity contribution in [3.05, 3.63) is 0 Å². The summed E-state index contributed by atoms with van der Waals surface area (Å²) < 4.78 is 5.18. The van der Waals surface area contributed by atoms with Gasteiger partial charge in [0.05, 0.1) is 0 Å². The molecule has 80 valence electrons. The summed E-state index contributed by atoms with van der Waals surface area (Å²) in [6.45, 7) is 7.70. The molecular weight excluding hydrogens is 180 g/mol. The average Bonchev–Trinajstić information content (AvgIpc) is 2.50. The van der Waals surface area contributed by atoms with Gasteiger partial charge in [0.15, 0.2) is 0 Å². The van der Waals surface area contributed by atoms with Gasteiger partial charge in [0.1, 0.15) is 5.60 Å². The Balaban J connectivity index is 1.74. The Hall–Kier alpha value is -0.770. The molecule has 0 aromatic heterocycles. The molecule has 1 saturated heterocycles. The lowest BCUT2D eigenvalue weighted by atomic mass is 10.2. The maximum atomic E-state index is 11.4. The minimum absolute atomic E-state index is 0.281. The van der Waals surface area contributed by atoms with Crippen molar-refractivity contribution < 1.29 is 9.53 Å². The summed E-state index contributed by atoms with van der Waals surface area (Å²) in [5, 5.41) is 6.19. The molecule has 4 heteroatoms. The van der Waals surface area contributed by atoms with Crippen LogP contribution in [0.3, 0.4) is 0 Å². The SMILES string of the molecule is CC(C)(C)OC(=O)N[C@@H]1C2CNC[C@@H]21. The van der Waals surface area contributed by atoms with Crippen LogP contribution in [-0.4, -0.2) is 30.8 Å². The van der Waals surface area contributed by atoms with Gasteiger partial charge >= 0.3 is 6.09 Å². The first-order valence-corrected chi connectivity index (χ1v) is 5.17. The van der Waals surface area contributed by atoms with Crippen LogP contribution in [0.15, 0.2) is 0 Å². The number of hydrogen-bond acceptors (Lipinski definition) is 3. The Bertz CT molecular complexity index is 237. The highest BCUT2D eigenvalue weighted by Crippen LogP contribution is 2.41. The highest BCUT2D eigenvalue weighted by molar-refractivity contribution is 5.68. The van der Waals surface area contributed by atoms with Gasteiger partial charge in [0.25, 0.3) is 0 Å². The number of fused-ring (bicyclic) bond motifs is 1. The van der Waals surface area contributed by atoms with Gasteiger partial charge in [-0.2, -0.15) is 0 Å². The minimum Gasteiger partial charge on any atom is -0.444 e. The molecule has 2 fully saturated rings. The molecule has 1 heterocycles. The monoisotopic (exact) mass is 198 g/mol. The quantitative estimate of drug-likeness (QED) is 0.653. The molecular formula is C10H18N2O2. The summed E-state index contributed by atoms with van der Waals surface area (Å²) in [6.07, 6.45) is -0.281. The number of hydrogen-bond donors (Lipinski definition) is 2. The maximum absolute atomic E-state index is 11.4. The van der Waals surface area contributed by atoms with Crippen LogP contribution in [0.2, 0.25) is 0 Å². The van der Waals surface area contributed by atoms with Crippen molar-refractivity contribution in [3.63, 3.8) is 0 Å². The number of ether oxygens (including phenoxy) is 1. The molecule has 1 aliphatic heterocycles. The first-order valence-electron chi connectivity index (χ1n) is 5.17. The second kappa shape index (κ2) is 3.12. The van der Waals surface area contributed by atoms with Crippen molar-refractivity contribution in [1.29, 1.82) is 0 Å². The van der Waals surface area contributed by atoms with Crippen LogP contribution in [0.5, 0.6) is 0 Å². The number of piperidine rings is 1. The van der Waals surface area contributed by atoms with E-state index in [4.69, 9.17) is 4.74 Å². The van der Waals surface area contributed by atoms with E-state index < -0.39 is 5.60 Å². The Morgan fingerprint density at radius 1 is 1.36 bits per heavy atom. The predicted octanol–water partition coefficient (Wildman–Crippen LogP) is 0.729. The second-order valence-electron chi connectivity index (χ2n) is 5.16. The summed E-state index contributed by atoms with van der Waals surface area (Å²) >= 11 is 0. The van der Waals surface area contributed by atoms with Crippen molar-refractivity contribution in [2.45, 2.75) is 32.4 Å². The lowest BCUT2D eigenvalue weighted by Gasteiger charge is -2.20. The Labute approximate surface area is 84.4 Å². The van der Waals surface area contributed by atoms with Gasteiger partial charge in [-0.25, -0.2) is 4.79 Å².